The van der Waals surface area contributed by atoms with E-state index in [0.717, 1.165) is 0 Å². The summed E-state index contributed by atoms with van der Waals surface area (Å²) in [7, 11) is 1.59. The molecule has 1 aromatic rings. The van der Waals surface area contributed by atoms with E-state index in [1.807, 2.05) is 0 Å². The Bertz CT molecular complexity index is 464. The lowest BCUT2D eigenvalue weighted by Crippen LogP contribution is -2.55. The Balaban J connectivity index is 2.01. The maximum absolute atomic E-state index is 10.9. The monoisotopic (exact) mass is 240 g/mol. The number of carbonyl (C=O) groups is 1. The molecule has 8 heteroatoms. The predicted octanol–water partition coefficient (Wildman–Crippen LogP) is -0.0622. The molecule has 0 spiro atoms. The topological polar surface area (TPSA) is 90.5 Å². The Morgan fingerprint density at radius 3 is 2.82 bits per heavy atom. The molecule has 2 heterocycles. The van der Waals surface area contributed by atoms with Crippen molar-refractivity contribution in [2.24, 2.45) is 7.05 Å². The van der Waals surface area contributed by atoms with Crippen LogP contribution in [-0.2, 0) is 11.8 Å². The first kappa shape index (κ1) is 11.4. The van der Waals surface area contributed by atoms with Gasteiger partial charge in [0.1, 0.15) is 12.3 Å². The van der Waals surface area contributed by atoms with E-state index in [1.165, 1.54) is 17.8 Å². The first-order valence-electron chi connectivity index (χ1n) is 5.07. The number of rotatable bonds is 3. The van der Waals surface area contributed by atoms with Gasteiger partial charge in [0.2, 0.25) is 5.91 Å². The van der Waals surface area contributed by atoms with Crippen LogP contribution in [0.2, 0.25) is 0 Å². The Labute approximate surface area is 96.9 Å². The largest absolute Gasteiger partial charge is 0.465 e. The highest BCUT2D eigenvalue weighted by atomic mass is 16.6. The lowest BCUT2D eigenvalue weighted by molar-refractivity contribution is -0.386. The van der Waals surface area contributed by atoms with Gasteiger partial charge in [0.05, 0.1) is 18.0 Å². The minimum atomic E-state index is -0.538. The van der Waals surface area contributed by atoms with Crippen LogP contribution >= 0.6 is 0 Å². The summed E-state index contributed by atoms with van der Waals surface area (Å²) in [4.78, 5) is 22.7. The van der Waals surface area contributed by atoms with E-state index in [0.29, 0.717) is 13.1 Å². The van der Waals surface area contributed by atoms with Crippen LogP contribution in [0.4, 0.5) is 5.69 Å². The third-order valence-electron chi connectivity index (χ3n) is 2.55. The molecule has 0 unspecified atom stereocenters. The number of hydrogen-bond acceptors (Lipinski definition) is 5. The van der Waals surface area contributed by atoms with Crippen LogP contribution in [0.15, 0.2) is 6.20 Å². The second kappa shape index (κ2) is 4.04. The van der Waals surface area contributed by atoms with Gasteiger partial charge in [-0.15, -0.1) is 5.10 Å². The van der Waals surface area contributed by atoms with Gasteiger partial charge in [0.25, 0.3) is 0 Å². The van der Waals surface area contributed by atoms with Gasteiger partial charge >= 0.3 is 11.6 Å². The van der Waals surface area contributed by atoms with E-state index in [2.05, 4.69) is 5.10 Å². The van der Waals surface area contributed by atoms with Crippen molar-refractivity contribution in [1.29, 1.82) is 0 Å². The summed E-state index contributed by atoms with van der Waals surface area (Å²) in [5.41, 5.74) is -0.159. The lowest BCUT2D eigenvalue weighted by atomic mass is 10.2. The van der Waals surface area contributed by atoms with Crippen LogP contribution in [0.3, 0.4) is 0 Å². The van der Waals surface area contributed by atoms with Gasteiger partial charge in [0, 0.05) is 14.0 Å². The first-order valence-corrected chi connectivity index (χ1v) is 5.07. The van der Waals surface area contributed by atoms with Gasteiger partial charge < -0.3 is 9.64 Å². The third-order valence-corrected chi connectivity index (χ3v) is 2.55. The summed E-state index contributed by atoms with van der Waals surface area (Å²) in [6, 6.07) is 0. The number of ether oxygens (including phenoxy) is 1. The zero-order valence-electron chi connectivity index (χ0n) is 9.49. The highest BCUT2D eigenvalue weighted by molar-refractivity contribution is 5.74. The molecule has 8 nitrogen and oxygen atoms in total. The maximum Gasteiger partial charge on any atom is 0.350 e. The summed E-state index contributed by atoms with van der Waals surface area (Å²) in [5, 5.41) is 14.6. The molecule has 17 heavy (non-hydrogen) atoms. The van der Waals surface area contributed by atoms with Crippen LogP contribution in [0, 0.1) is 10.1 Å². The van der Waals surface area contributed by atoms with Crippen molar-refractivity contribution in [3.8, 4) is 5.88 Å². The Kier molecular flexibility index (Phi) is 2.70. The maximum atomic E-state index is 10.9. The second-order valence-electron chi connectivity index (χ2n) is 3.91. The first-order chi connectivity index (χ1) is 7.97. The molecule has 1 amide bonds. The Morgan fingerprint density at radius 1 is 1.65 bits per heavy atom. The van der Waals surface area contributed by atoms with Gasteiger partial charge in [-0.3, -0.25) is 19.6 Å². The van der Waals surface area contributed by atoms with Crippen molar-refractivity contribution in [1.82, 2.24) is 14.7 Å². The number of aromatic nitrogens is 2. The van der Waals surface area contributed by atoms with Crippen molar-refractivity contribution in [3.05, 3.63) is 16.3 Å². The standard InChI is InChI=1S/C9H12N4O4/c1-6(14)12-3-7(4-12)17-9-8(13(15)16)5-11(2)10-9/h5,7H,3-4H2,1-2H3. The highest BCUT2D eigenvalue weighted by Crippen LogP contribution is 2.26. The minimum absolute atomic E-state index is 0.00528. The molecule has 0 N–H and O–H groups in total. The lowest BCUT2D eigenvalue weighted by Gasteiger charge is -2.37. The molecule has 0 atom stereocenters. The van der Waals surface area contributed by atoms with Crippen molar-refractivity contribution < 1.29 is 14.5 Å². The summed E-state index contributed by atoms with van der Waals surface area (Å²) in [5.74, 6) is -0.0222. The zero-order chi connectivity index (χ0) is 12.6. The van der Waals surface area contributed by atoms with Gasteiger partial charge in [0.15, 0.2) is 0 Å². The number of aryl methyl sites for hydroxylation is 1. The average Bonchev–Trinajstić information content (AvgIpc) is 2.51. The fourth-order valence-corrected chi connectivity index (χ4v) is 1.59. The van der Waals surface area contributed by atoms with Gasteiger partial charge in [-0.2, -0.15) is 0 Å². The summed E-state index contributed by atoms with van der Waals surface area (Å²) in [6.45, 7) is 2.37. The average molecular weight is 240 g/mol. The molecule has 0 aliphatic carbocycles. The molecular formula is C9H12N4O4. The molecule has 0 radical (unpaired) electrons. The Hall–Kier alpha value is -2.12. The molecule has 92 valence electrons. The van der Waals surface area contributed by atoms with Crippen molar-refractivity contribution in [2.45, 2.75) is 13.0 Å². The highest BCUT2D eigenvalue weighted by Gasteiger charge is 2.33. The quantitative estimate of drug-likeness (QED) is 0.545. The SMILES string of the molecule is CC(=O)N1CC(Oc2nn(C)cc2[N+](=O)[O-])C1. The van der Waals surface area contributed by atoms with Crippen LogP contribution in [0.25, 0.3) is 0 Å². The molecule has 1 saturated heterocycles. The molecule has 0 saturated carbocycles. The third kappa shape index (κ3) is 2.19. The molecule has 1 fully saturated rings. The van der Waals surface area contributed by atoms with Crippen LogP contribution < -0.4 is 4.74 Å². The molecule has 0 bridgehead atoms. The van der Waals surface area contributed by atoms with Crippen LogP contribution in [0.5, 0.6) is 5.88 Å². The number of carbonyl (C=O) groups excluding carboxylic acids is 1. The number of nitrogens with zero attached hydrogens (tertiary/aromatic N) is 4. The molecular weight excluding hydrogens is 228 g/mol. The van der Waals surface area contributed by atoms with E-state index in [4.69, 9.17) is 4.74 Å². The molecule has 1 aromatic heterocycles. The van der Waals surface area contributed by atoms with Gasteiger partial charge in [-0.25, -0.2) is 0 Å². The molecule has 1 aliphatic rings. The summed E-state index contributed by atoms with van der Waals surface area (Å²) < 4.78 is 6.70. The van der Waals surface area contributed by atoms with Gasteiger partial charge in [-0.05, 0) is 0 Å². The van der Waals surface area contributed by atoms with Crippen molar-refractivity contribution in [3.63, 3.8) is 0 Å². The second-order valence-corrected chi connectivity index (χ2v) is 3.91. The van der Waals surface area contributed by atoms with Crippen LogP contribution in [0.1, 0.15) is 6.92 Å². The number of amides is 1. The van der Waals surface area contributed by atoms with E-state index in [9.17, 15) is 14.9 Å². The number of nitro groups is 1. The van der Waals surface area contributed by atoms with Crippen LogP contribution in [-0.4, -0.2) is 44.7 Å². The van der Waals surface area contributed by atoms with E-state index < -0.39 is 4.92 Å². The van der Waals surface area contributed by atoms with E-state index >= 15 is 0 Å². The summed E-state index contributed by atoms with van der Waals surface area (Å²) in [6.07, 6.45) is 1.07. The van der Waals surface area contributed by atoms with E-state index in [1.54, 1.807) is 11.9 Å². The summed E-state index contributed by atoms with van der Waals surface area (Å²) >= 11 is 0. The normalized spacial score (nSPS) is 15.5. The van der Waals surface area contributed by atoms with Gasteiger partial charge in [-0.1, -0.05) is 0 Å². The molecule has 1 aliphatic heterocycles. The van der Waals surface area contributed by atoms with Crippen molar-refractivity contribution in [2.75, 3.05) is 13.1 Å². The number of likely N-dealkylation sites (tertiary alicyclic amines) is 1. The van der Waals surface area contributed by atoms with Crippen molar-refractivity contribution >= 4 is 11.6 Å². The smallest absolute Gasteiger partial charge is 0.350 e. The number of hydrogen-bond donors (Lipinski definition) is 0. The molecule has 2 rings (SSSR count). The zero-order valence-corrected chi connectivity index (χ0v) is 9.49. The fraction of sp³-hybridized carbons (Fsp3) is 0.556. The Morgan fingerprint density at radius 2 is 2.29 bits per heavy atom. The molecule has 0 aromatic carbocycles. The fourth-order valence-electron chi connectivity index (χ4n) is 1.59. The predicted molar refractivity (Wildman–Crippen MR) is 56.5 cm³/mol. The van der Waals surface area contributed by atoms with E-state index in [-0.39, 0.29) is 23.6 Å². The minimum Gasteiger partial charge on any atom is -0.465 e.